The maximum Gasteiger partial charge on any atom is 0.209 e. The van der Waals surface area contributed by atoms with Crippen molar-refractivity contribution in [2.45, 2.75) is 6.92 Å². The van der Waals surface area contributed by atoms with E-state index < -0.39 is 0 Å². The van der Waals surface area contributed by atoms with E-state index in [1.54, 1.807) is 6.20 Å². The molecular weight excluding hydrogens is 402 g/mol. The third-order valence-electron chi connectivity index (χ3n) is 3.08. The van der Waals surface area contributed by atoms with Crippen molar-refractivity contribution in [3.63, 3.8) is 0 Å². The van der Waals surface area contributed by atoms with Crippen LogP contribution in [0.1, 0.15) is 5.56 Å². The summed E-state index contributed by atoms with van der Waals surface area (Å²) in [6.45, 7) is 2.13. The Kier molecular flexibility index (Phi) is 3.60. The summed E-state index contributed by atoms with van der Waals surface area (Å²) in [4.78, 5) is 4.21. The standard InChI is InChI=1S/C14H14N3.Ir/c1-11-5-3-4-6-12(11)14-13-9-15-7-8-17(13)10-16(14)2;/h3-10H,1-2H3;/q+1;. The van der Waals surface area contributed by atoms with Crippen LogP contribution in [0.3, 0.4) is 0 Å². The molecule has 0 aliphatic carbocycles. The zero-order valence-corrected chi connectivity index (χ0v) is 12.7. The molecule has 2 aromatic heterocycles. The molecule has 0 aliphatic heterocycles. The molecule has 0 unspecified atom stereocenters. The number of hydrogen-bond acceptors (Lipinski definition) is 1. The molecule has 0 fully saturated rings. The average molecular weight is 417 g/mol. The molecule has 0 saturated carbocycles. The number of nitrogens with zero attached hydrogens (tertiary/aromatic N) is 3. The van der Waals surface area contributed by atoms with E-state index >= 15 is 0 Å². The molecule has 3 aromatic rings. The number of hydrogen-bond donors (Lipinski definition) is 0. The van der Waals surface area contributed by atoms with E-state index in [9.17, 15) is 0 Å². The van der Waals surface area contributed by atoms with Crippen LogP contribution in [0, 0.1) is 6.92 Å². The van der Waals surface area contributed by atoms with Gasteiger partial charge in [-0.05, 0) is 18.6 Å². The van der Waals surface area contributed by atoms with Gasteiger partial charge in [0.15, 0.2) is 12.0 Å². The zero-order chi connectivity index (χ0) is 11.8. The zero-order valence-electron chi connectivity index (χ0n) is 10.3. The fourth-order valence-corrected chi connectivity index (χ4v) is 2.25. The molecule has 0 N–H and O–H groups in total. The summed E-state index contributed by atoms with van der Waals surface area (Å²) < 4.78 is 4.23. The second-order valence-electron chi connectivity index (χ2n) is 4.26. The van der Waals surface area contributed by atoms with E-state index in [0.717, 1.165) is 5.52 Å². The van der Waals surface area contributed by atoms with E-state index in [1.807, 2.05) is 12.4 Å². The van der Waals surface area contributed by atoms with Gasteiger partial charge in [-0.25, -0.2) is 9.55 Å². The van der Waals surface area contributed by atoms with Gasteiger partial charge in [0.25, 0.3) is 0 Å². The minimum absolute atomic E-state index is 0. The molecular formula is C14H14IrN3+. The normalized spacial score (nSPS) is 10.3. The molecule has 1 radical (unpaired) electrons. The van der Waals surface area contributed by atoms with E-state index in [0.29, 0.717) is 0 Å². The molecule has 0 atom stereocenters. The summed E-state index contributed by atoms with van der Waals surface area (Å²) in [6, 6.07) is 8.42. The summed E-state index contributed by atoms with van der Waals surface area (Å²) in [5.74, 6) is 0. The predicted octanol–water partition coefficient (Wildman–Crippen LogP) is 2.93. The van der Waals surface area contributed by atoms with Crippen molar-refractivity contribution >= 4 is 5.52 Å². The van der Waals surface area contributed by atoms with Crippen LogP contribution >= 0.6 is 0 Å². The number of aryl methyl sites for hydroxylation is 2. The summed E-state index contributed by atoms with van der Waals surface area (Å²) in [7, 11) is 2.06. The molecule has 0 spiro atoms. The first kappa shape index (κ1) is 12.9. The Hall–Kier alpha value is -1.51. The Balaban J connectivity index is 0.00000120. The van der Waals surface area contributed by atoms with Gasteiger partial charge >= 0.3 is 0 Å². The first-order chi connectivity index (χ1) is 8.27. The summed E-state index contributed by atoms with van der Waals surface area (Å²) >= 11 is 0. The summed E-state index contributed by atoms with van der Waals surface area (Å²) in [5, 5.41) is 0. The van der Waals surface area contributed by atoms with Gasteiger partial charge in [-0.15, -0.1) is 0 Å². The van der Waals surface area contributed by atoms with Gasteiger partial charge in [0.2, 0.25) is 5.52 Å². The van der Waals surface area contributed by atoms with Crippen LogP contribution in [-0.2, 0) is 27.2 Å². The van der Waals surface area contributed by atoms with Crippen LogP contribution in [0.15, 0.2) is 49.2 Å². The largest absolute Gasteiger partial charge is 0.247 e. The predicted molar refractivity (Wildman–Crippen MR) is 68.7 cm³/mol. The number of imidazole rings is 1. The molecule has 0 bridgehead atoms. The molecule has 4 heteroatoms. The minimum Gasteiger partial charge on any atom is -0.247 e. The maximum atomic E-state index is 4.21. The SMILES string of the molecule is Cc1ccccc1-c1c2cnccn2[cH+]n1C.[Ir]. The summed E-state index contributed by atoms with van der Waals surface area (Å²) in [5.41, 5.74) is 4.87. The first-order valence-corrected chi connectivity index (χ1v) is 5.63. The smallest absolute Gasteiger partial charge is 0.209 e. The monoisotopic (exact) mass is 417 g/mol. The maximum absolute atomic E-state index is 4.21. The van der Waals surface area contributed by atoms with Crippen molar-refractivity contribution in [3.8, 4) is 11.3 Å². The first-order valence-electron chi connectivity index (χ1n) is 5.63. The van der Waals surface area contributed by atoms with Gasteiger partial charge < -0.3 is 0 Å². The molecule has 18 heavy (non-hydrogen) atoms. The van der Waals surface area contributed by atoms with Gasteiger partial charge in [-0.3, -0.25) is 0 Å². The van der Waals surface area contributed by atoms with Crippen molar-refractivity contribution in [1.82, 2.24) is 14.0 Å². The Bertz CT molecular complexity index is 688. The van der Waals surface area contributed by atoms with Gasteiger partial charge in [-0.1, -0.05) is 18.2 Å². The van der Waals surface area contributed by atoms with Crippen molar-refractivity contribution in [3.05, 3.63) is 54.7 Å². The number of fused-ring (bicyclic) bond motifs is 1. The van der Waals surface area contributed by atoms with Crippen molar-refractivity contribution in [2.24, 2.45) is 7.05 Å². The van der Waals surface area contributed by atoms with E-state index in [-0.39, 0.29) is 20.1 Å². The Labute approximate surface area is 119 Å². The number of aromatic nitrogens is 3. The van der Waals surface area contributed by atoms with Crippen LogP contribution in [-0.4, -0.2) is 14.0 Å². The quantitative estimate of drug-likeness (QED) is 0.559. The second kappa shape index (κ2) is 5.01. The Morgan fingerprint density at radius 3 is 2.78 bits per heavy atom. The second-order valence-corrected chi connectivity index (χ2v) is 4.26. The Morgan fingerprint density at radius 2 is 2.00 bits per heavy atom. The van der Waals surface area contributed by atoms with Crippen molar-refractivity contribution < 1.29 is 20.1 Å². The number of benzene rings is 1. The van der Waals surface area contributed by atoms with Crippen LogP contribution in [0.25, 0.3) is 16.8 Å². The van der Waals surface area contributed by atoms with Gasteiger partial charge in [-0.2, -0.15) is 4.40 Å². The summed E-state index contributed by atoms with van der Waals surface area (Å²) in [6.07, 6.45) is 7.74. The molecule has 3 rings (SSSR count). The molecule has 0 aliphatic rings. The van der Waals surface area contributed by atoms with Crippen molar-refractivity contribution in [2.75, 3.05) is 0 Å². The van der Waals surface area contributed by atoms with Gasteiger partial charge in [0.05, 0.1) is 11.8 Å². The fraction of sp³-hybridized carbons (Fsp3) is 0.143. The van der Waals surface area contributed by atoms with E-state index in [2.05, 4.69) is 58.5 Å². The molecule has 0 amide bonds. The minimum atomic E-state index is 0. The Morgan fingerprint density at radius 1 is 1.22 bits per heavy atom. The van der Waals surface area contributed by atoms with E-state index in [4.69, 9.17) is 0 Å². The molecule has 2 heterocycles. The number of rotatable bonds is 1. The average Bonchev–Trinajstić information content (AvgIpc) is 2.66. The van der Waals surface area contributed by atoms with Crippen LogP contribution in [0.4, 0.5) is 0 Å². The molecule has 3 nitrogen and oxygen atoms in total. The van der Waals surface area contributed by atoms with Gasteiger partial charge in [0.1, 0.15) is 12.4 Å². The molecule has 1 aromatic carbocycles. The fourth-order valence-electron chi connectivity index (χ4n) is 2.25. The van der Waals surface area contributed by atoms with E-state index in [1.165, 1.54) is 16.8 Å². The van der Waals surface area contributed by atoms with Gasteiger partial charge in [0, 0.05) is 27.2 Å². The topological polar surface area (TPSA) is 22.2 Å². The van der Waals surface area contributed by atoms with Crippen LogP contribution < -0.4 is 0 Å². The molecule has 93 valence electrons. The van der Waals surface area contributed by atoms with Crippen LogP contribution in [0.5, 0.6) is 0 Å². The van der Waals surface area contributed by atoms with Crippen molar-refractivity contribution in [1.29, 1.82) is 0 Å². The third kappa shape index (κ3) is 1.98. The molecule has 0 saturated heterocycles. The third-order valence-corrected chi connectivity index (χ3v) is 3.08. The van der Waals surface area contributed by atoms with Crippen LogP contribution in [0.2, 0.25) is 0 Å².